The summed E-state index contributed by atoms with van der Waals surface area (Å²) in [6.45, 7) is 4.69. The van der Waals surface area contributed by atoms with Gasteiger partial charge in [0.15, 0.2) is 28.2 Å². The predicted octanol–water partition coefficient (Wildman–Crippen LogP) is 6.67. The molecule has 6 rings (SSSR count). The number of fused-ring (bicyclic) bond motifs is 1. The number of thiocarbonyl (C=S) groups is 1. The monoisotopic (exact) mass is 672 g/mol. The molecule has 2 N–H and O–H groups in total. The van der Waals surface area contributed by atoms with Crippen molar-refractivity contribution in [3.63, 3.8) is 0 Å². The normalized spacial score (nSPS) is 13.2. The highest BCUT2D eigenvalue weighted by atomic mass is 32.1. The lowest BCUT2D eigenvalue weighted by molar-refractivity contribution is -0.119. The molecule has 3 aromatic carbocycles. The summed E-state index contributed by atoms with van der Waals surface area (Å²) < 4.78 is 39.1. The van der Waals surface area contributed by atoms with Gasteiger partial charge in [0.05, 0.1) is 37.0 Å². The van der Waals surface area contributed by atoms with Gasteiger partial charge in [0.2, 0.25) is 5.91 Å². The van der Waals surface area contributed by atoms with Crippen LogP contribution in [0.4, 0.5) is 10.1 Å². The second kappa shape index (κ2) is 15.3. The Morgan fingerprint density at radius 3 is 2.60 bits per heavy atom. The number of carbonyl (C=O) groups is 1. The maximum atomic E-state index is 15.2. The average molecular weight is 673 g/mol. The van der Waals surface area contributed by atoms with E-state index in [1.54, 1.807) is 25.4 Å². The van der Waals surface area contributed by atoms with Crippen molar-refractivity contribution < 1.29 is 28.1 Å². The van der Waals surface area contributed by atoms with Crippen molar-refractivity contribution >= 4 is 50.5 Å². The minimum atomic E-state index is -0.593. The van der Waals surface area contributed by atoms with Crippen molar-refractivity contribution in [1.29, 1.82) is 0 Å². The number of ether oxygens (including phenoxy) is 4. The highest BCUT2D eigenvalue weighted by molar-refractivity contribution is 7.80. The number of halogens is 1. The zero-order valence-corrected chi connectivity index (χ0v) is 27.3. The smallest absolute Gasteiger partial charge is 0.230 e. The Morgan fingerprint density at radius 1 is 1.00 bits per heavy atom. The number of pyridine rings is 1. The fourth-order valence-electron chi connectivity index (χ4n) is 5.08. The van der Waals surface area contributed by atoms with Crippen LogP contribution in [-0.4, -0.2) is 67.5 Å². The van der Waals surface area contributed by atoms with Crippen molar-refractivity contribution in [1.82, 2.24) is 15.2 Å². The summed E-state index contributed by atoms with van der Waals surface area (Å²) in [5, 5.41) is 5.55. The van der Waals surface area contributed by atoms with Crippen molar-refractivity contribution in [2.24, 2.45) is 0 Å². The summed E-state index contributed by atoms with van der Waals surface area (Å²) in [6.07, 6.45) is 1.81. The Hall–Kier alpha value is -4.62. The van der Waals surface area contributed by atoms with E-state index < -0.39 is 5.82 Å². The molecule has 0 bridgehead atoms. The lowest BCUT2D eigenvalue weighted by Gasteiger charge is -2.26. The number of rotatable bonds is 11. The molecular formula is C35H33FN4O5S2. The van der Waals surface area contributed by atoms with E-state index in [2.05, 4.69) is 20.5 Å². The maximum absolute atomic E-state index is 15.2. The number of benzene rings is 3. The van der Waals surface area contributed by atoms with Gasteiger partial charge in [0.1, 0.15) is 12.4 Å². The molecule has 3 heterocycles. The van der Waals surface area contributed by atoms with Crippen molar-refractivity contribution in [2.75, 3.05) is 51.9 Å². The lowest BCUT2D eigenvalue weighted by atomic mass is 10.1. The van der Waals surface area contributed by atoms with Gasteiger partial charge in [-0.25, -0.2) is 4.39 Å². The van der Waals surface area contributed by atoms with Gasteiger partial charge in [0, 0.05) is 48.5 Å². The molecule has 47 heavy (non-hydrogen) atoms. The average Bonchev–Trinajstić information content (AvgIpc) is 3.52. The molecule has 9 nitrogen and oxygen atoms in total. The molecule has 5 aromatic rings. The summed E-state index contributed by atoms with van der Waals surface area (Å²) in [4.78, 5) is 20.1. The summed E-state index contributed by atoms with van der Waals surface area (Å²) in [6, 6.07) is 23.2. The van der Waals surface area contributed by atoms with Gasteiger partial charge < -0.3 is 29.6 Å². The fourth-order valence-corrected chi connectivity index (χ4v) is 6.37. The molecule has 1 aliphatic rings. The van der Waals surface area contributed by atoms with Crippen molar-refractivity contribution in [3.8, 4) is 33.4 Å². The topological polar surface area (TPSA) is 94.2 Å². The van der Waals surface area contributed by atoms with Gasteiger partial charge in [-0.2, -0.15) is 0 Å². The van der Waals surface area contributed by atoms with Gasteiger partial charge >= 0.3 is 0 Å². The third kappa shape index (κ3) is 8.40. The number of nitrogens with zero attached hydrogens (tertiary/aromatic N) is 2. The Labute approximate surface area is 281 Å². The fraction of sp³-hybridized carbons (Fsp3) is 0.229. The van der Waals surface area contributed by atoms with E-state index in [4.69, 9.17) is 31.2 Å². The quantitative estimate of drug-likeness (QED) is 0.149. The van der Waals surface area contributed by atoms with Crippen LogP contribution < -0.4 is 24.8 Å². The van der Waals surface area contributed by atoms with Crippen LogP contribution in [0.1, 0.15) is 5.56 Å². The molecule has 242 valence electrons. The number of methoxy groups -OCH3 is 1. The van der Waals surface area contributed by atoms with Gasteiger partial charge in [-0.1, -0.05) is 30.3 Å². The van der Waals surface area contributed by atoms with Gasteiger partial charge in [-0.05, 0) is 59.7 Å². The molecule has 0 radical (unpaired) electrons. The highest BCUT2D eigenvalue weighted by Gasteiger charge is 2.16. The Balaban J connectivity index is 1.10. The third-order valence-electron chi connectivity index (χ3n) is 7.46. The molecule has 1 amide bonds. The Bertz CT molecular complexity index is 1860. The Morgan fingerprint density at radius 2 is 1.81 bits per heavy atom. The minimum Gasteiger partial charge on any atom is -0.493 e. The first-order chi connectivity index (χ1) is 22.9. The molecule has 1 saturated heterocycles. The number of amides is 1. The molecule has 0 saturated carbocycles. The largest absolute Gasteiger partial charge is 0.493 e. The number of hydrogen-bond donors (Lipinski definition) is 2. The van der Waals surface area contributed by atoms with Gasteiger partial charge in [0.25, 0.3) is 0 Å². The number of anilines is 1. The summed E-state index contributed by atoms with van der Waals surface area (Å²) in [7, 11) is 1.62. The lowest BCUT2D eigenvalue weighted by Crippen LogP contribution is -2.38. The standard InChI is InChI=1S/C35H33FN4O5S2/c1-42-31-20-24(7-9-29(31)44-18-15-40-13-16-43-17-14-40)32-22-27-34(47-32)30(11-12-37-27)45-28-10-8-25(21-26(28)36)38-35(46)39-33(41)19-23-5-3-2-4-6-23/h2-12,20-22H,13-19H2,1H3,(H2,38,39,41,46). The van der Waals surface area contributed by atoms with E-state index >= 15 is 4.39 Å². The van der Waals surface area contributed by atoms with E-state index in [0.717, 1.165) is 59.1 Å². The first-order valence-corrected chi connectivity index (χ1v) is 16.3. The zero-order valence-electron chi connectivity index (χ0n) is 25.7. The van der Waals surface area contributed by atoms with Gasteiger partial charge in [-0.15, -0.1) is 11.3 Å². The van der Waals surface area contributed by atoms with E-state index in [-0.39, 0.29) is 23.2 Å². The number of thiophene rings is 1. The molecule has 0 atom stereocenters. The highest BCUT2D eigenvalue weighted by Crippen LogP contribution is 2.41. The third-order valence-corrected chi connectivity index (χ3v) is 8.85. The predicted molar refractivity (Wildman–Crippen MR) is 185 cm³/mol. The second-order valence-electron chi connectivity index (χ2n) is 10.7. The van der Waals surface area contributed by atoms with E-state index in [1.807, 2.05) is 54.6 Å². The molecular weight excluding hydrogens is 640 g/mol. The summed E-state index contributed by atoms with van der Waals surface area (Å²) in [5.74, 6) is 0.966. The summed E-state index contributed by atoms with van der Waals surface area (Å²) in [5.41, 5.74) is 2.90. The molecule has 0 aliphatic carbocycles. The van der Waals surface area contributed by atoms with Gasteiger partial charge in [-0.3, -0.25) is 14.7 Å². The Kier molecular flexibility index (Phi) is 10.5. The number of carbonyl (C=O) groups excluding carboxylic acids is 1. The van der Waals surface area contributed by atoms with Crippen LogP contribution in [0.15, 0.2) is 85.1 Å². The first-order valence-electron chi connectivity index (χ1n) is 15.1. The molecule has 1 aliphatic heterocycles. The number of morpholine rings is 1. The maximum Gasteiger partial charge on any atom is 0.230 e. The van der Waals surface area contributed by atoms with Crippen LogP contribution in [0, 0.1) is 5.82 Å². The van der Waals surface area contributed by atoms with Crippen LogP contribution in [0.25, 0.3) is 20.7 Å². The first kappa shape index (κ1) is 32.3. The van der Waals surface area contributed by atoms with Crippen molar-refractivity contribution in [3.05, 3.63) is 96.4 Å². The van der Waals surface area contributed by atoms with E-state index in [9.17, 15) is 4.79 Å². The zero-order chi connectivity index (χ0) is 32.6. The van der Waals surface area contributed by atoms with Crippen LogP contribution in [0.2, 0.25) is 0 Å². The van der Waals surface area contributed by atoms with E-state index in [0.29, 0.717) is 29.5 Å². The van der Waals surface area contributed by atoms with Crippen molar-refractivity contribution in [2.45, 2.75) is 6.42 Å². The summed E-state index contributed by atoms with van der Waals surface area (Å²) >= 11 is 6.74. The number of nitrogens with one attached hydrogen (secondary N) is 2. The van der Waals surface area contributed by atoms with Crippen LogP contribution in [-0.2, 0) is 16.0 Å². The van der Waals surface area contributed by atoms with Crippen LogP contribution in [0.5, 0.6) is 23.0 Å². The second-order valence-corrected chi connectivity index (χ2v) is 12.2. The minimum absolute atomic E-state index is 0.0391. The van der Waals surface area contributed by atoms with Crippen LogP contribution >= 0.6 is 23.6 Å². The molecule has 0 unspecified atom stereocenters. The molecule has 1 fully saturated rings. The van der Waals surface area contributed by atoms with E-state index in [1.165, 1.54) is 23.5 Å². The van der Waals surface area contributed by atoms with Crippen LogP contribution in [0.3, 0.4) is 0 Å². The number of hydrogen-bond acceptors (Lipinski definition) is 9. The number of aromatic nitrogens is 1. The molecule has 0 spiro atoms. The SMILES string of the molecule is COc1cc(-c2cc3nccc(Oc4ccc(NC(=S)NC(=O)Cc5ccccc5)cc4F)c3s2)ccc1OCCN1CCOCC1. The molecule has 12 heteroatoms. The molecule has 2 aromatic heterocycles.